The number of amides is 1. The molecule has 0 aromatic rings. The van der Waals surface area contributed by atoms with Gasteiger partial charge in [-0.25, -0.2) is 0 Å². The summed E-state index contributed by atoms with van der Waals surface area (Å²) in [5, 5.41) is 3.54. The van der Waals surface area contributed by atoms with Crippen molar-refractivity contribution in [2.75, 3.05) is 19.6 Å². The zero-order valence-electron chi connectivity index (χ0n) is 13.5. The summed E-state index contributed by atoms with van der Waals surface area (Å²) in [6.07, 6.45) is 5.14. The molecule has 19 heavy (non-hydrogen) atoms. The number of hydrogen-bond acceptors (Lipinski definition) is 2. The predicted molar refractivity (Wildman–Crippen MR) is 81.1 cm³/mol. The number of carbonyl (C=O) groups is 1. The largest absolute Gasteiger partial charge is 0.342 e. The van der Waals surface area contributed by atoms with Crippen LogP contribution < -0.4 is 5.32 Å². The Morgan fingerprint density at radius 3 is 2.26 bits per heavy atom. The minimum absolute atomic E-state index is 0.239. The fourth-order valence-electron chi connectivity index (χ4n) is 3.32. The van der Waals surface area contributed by atoms with Crippen molar-refractivity contribution >= 4 is 5.91 Å². The molecule has 1 amide bonds. The number of likely N-dealkylation sites (N-methyl/N-ethyl adjacent to an activating group) is 1. The van der Waals surface area contributed by atoms with E-state index in [4.69, 9.17) is 0 Å². The molecule has 0 spiro atoms. The highest BCUT2D eigenvalue weighted by atomic mass is 16.2. The second kappa shape index (κ2) is 7.28. The molecular weight excluding hydrogens is 236 g/mol. The van der Waals surface area contributed by atoms with E-state index < -0.39 is 0 Å². The lowest BCUT2D eigenvalue weighted by Gasteiger charge is -2.41. The molecule has 0 aliphatic heterocycles. The van der Waals surface area contributed by atoms with Crippen molar-refractivity contribution < 1.29 is 4.79 Å². The Kier molecular flexibility index (Phi) is 6.31. The lowest BCUT2D eigenvalue weighted by atomic mass is 9.69. The van der Waals surface area contributed by atoms with Crippen molar-refractivity contribution in [2.24, 2.45) is 11.3 Å². The van der Waals surface area contributed by atoms with Crippen LogP contribution in [-0.4, -0.2) is 36.5 Å². The predicted octanol–water partition coefficient (Wildman–Crippen LogP) is 3.05. The van der Waals surface area contributed by atoms with Crippen molar-refractivity contribution in [3.05, 3.63) is 0 Å². The molecule has 2 unspecified atom stereocenters. The van der Waals surface area contributed by atoms with Gasteiger partial charge in [-0.05, 0) is 38.0 Å². The first-order valence-corrected chi connectivity index (χ1v) is 7.91. The Hall–Kier alpha value is -0.570. The highest BCUT2D eigenvalue weighted by Gasteiger charge is 2.34. The van der Waals surface area contributed by atoms with Crippen LogP contribution in [0, 0.1) is 11.3 Å². The molecule has 0 bridgehead atoms. The quantitative estimate of drug-likeness (QED) is 0.831. The Morgan fingerprint density at radius 1 is 1.16 bits per heavy atom. The summed E-state index contributed by atoms with van der Waals surface area (Å²) in [6, 6.07) is 0.508. The van der Waals surface area contributed by atoms with Gasteiger partial charge in [0.25, 0.3) is 0 Å². The monoisotopic (exact) mass is 268 g/mol. The van der Waals surface area contributed by atoms with Crippen LogP contribution in [0.2, 0.25) is 0 Å². The van der Waals surface area contributed by atoms with E-state index >= 15 is 0 Å². The first-order valence-electron chi connectivity index (χ1n) is 7.91. The molecule has 0 aromatic carbocycles. The first-order chi connectivity index (χ1) is 8.90. The highest BCUT2D eigenvalue weighted by molar-refractivity contribution is 5.78. The summed E-state index contributed by atoms with van der Waals surface area (Å²) in [7, 11) is 0. The van der Waals surface area contributed by atoms with Crippen LogP contribution in [0.15, 0.2) is 0 Å². The van der Waals surface area contributed by atoms with Crippen LogP contribution in [0.4, 0.5) is 0 Å². The third-order valence-electron chi connectivity index (χ3n) is 4.51. The summed E-state index contributed by atoms with van der Waals surface area (Å²) < 4.78 is 0. The van der Waals surface area contributed by atoms with E-state index in [0.29, 0.717) is 23.9 Å². The summed E-state index contributed by atoms with van der Waals surface area (Å²) >= 11 is 0. The summed E-state index contributed by atoms with van der Waals surface area (Å²) in [5.74, 6) is 0.925. The molecule has 1 aliphatic rings. The second-order valence-corrected chi connectivity index (χ2v) is 6.81. The third kappa shape index (κ3) is 4.79. The van der Waals surface area contributed by atoms with E-state index in [1.807, 2.05) is 18.7 Å². The molecule has 0 saturated heterocycles. The van der Waals surface area contributed by atoms with Gasteiger partial charge < -0.3 is 10.2 Å². The smallest absolute Gasteiger partial charge is 0.236 e. The van der Waals surface area contributed by atoms with Crippen molar-refractivity contribution in [3.63, 3.8) is 0 Å². The molecule has 0 radical (unpaired) electrons. The van der Waals surface area contributed by atoms with Crippen LogP contribution in [0.5, 0.6) is 0 Å². The van der Waals surface area contributed by atoms with Gasteiger partial charge in [0.15, 0.2) is 0 Å². The van der Waals surface area contributed by atoms with Gasteiger partial charge in [-0.1, -0.05) is 33.6 Å². The lowest BCUT2D eigenvalue weighted by Crippen LogP contribution is -2.48. The lowest BCUT2D eigenvalue weighted by molar-refractivity contribution is -0.130. The average Bonchev–Trinajstić information content (AvgIpc) is 2.37. The van der Waals surface area contributed by atoms with Crippen molar-refractivity contribution in [2.45, 2.75) is 66.3 Å². The average molecular weight is 268 g/mol. The maximum Gasteiger partial charge on any atom is 0.236 e. The molecule has 3 heteroatoms. The normalized spacial score (nSPS) is 24.3. The van der Waals surface area contributed by atoms with Gasteiger partial charge in [0.2, 0.25) is 5.91 Å². The van der Waals surface area contributed by atoms with Gasteiger partial charge >= 0.3 is 0 Å². The maximum absolute atomic E-state index is 12.1. The molecule has 112 valence electrons. The van der Waals surface area contributed by atoms with Crippen molar-refractivity contribution in [1.82, 2.24) is 10.2 Å². The summed E-state index contributed by atoms with van der Waals surface area (Å²) in [6.45, 7) is 13.2. The van der Waals surface area contributed by atoms with Crippen molar-refractivity contribution in [3.8, 4) is 0 Å². The molecule has 1 saturated carbocycles. The van der Waals surface area contributed by atoms with Crippen LogP contribution >= 0.6 is 0 Å². The second-order valence-electron chi connectivity index (χ2n) is 6.81. The fraction of sp³-hybridized carbons (Fsp3) is 0.938. The SMILES string of the molecule is CCN(CC)C(=O)CNC1CCCCC1C(C)(C)C. The van der Waals surface area contributed by atoms with Gasteiger partial charge in [0.05, 0.1) is 6.54 Å². The van der Waals surface area contributed by atoms with E-state index in [0.717, 1.165) is 13.1 Å². The fourth-order valence-corrected chi connectivity index (χ4v) is 3.32. The molecule has 0 heterocycles. The third-order valence-corrected chi connectivity index (χ3v) is 4.51. The molecule has 3 nitrogen and oxygen atoms in total. The van der Waals surface area contributed by atoms with Crippen LogP contribution in [0.3, 0.4) is 0 Å². The zero-order chi connectivity index (χ0) is 14.5. The Labute approximate surface area is 119 Å². The maximum atomic E-state index is 12.1. The van der Waals surface area contributed by atoms with Gasteiger partial charge in [-0.2, -0.15) is 0 Å². The minimum atomic E-state index is 0.239. The number of hydrogen-bond donors (Lipinski definition) is 1. The summed E-state index contributed by atoms with van der Waals surface area (Å²) in [5.41, 5.74) is 0.330. The van der Waals surface area contributed by atoms with Crippen molar-refractivity contribution in [1.29, 1.82) is 0 Å². The number of nitrogens with one attached hydrogen (secondary N) is 1. The molecule has 1 fully saturated rings. The molecule has 0 aromatic heterocycles. The first kappa shape index (κ1) is 16.5. The molecule has 1 rings (SSSR count). The Morgan fingerprint density at radius 2 is 1.74 bits per heavy atom. The van der Waals surface area contributed by atoms with E-state index in [9.17, 15) is 4.79 Å². The Bertz CT molecular complexity index is 279. The number of carbonyl (C=O) groups excluding carboxylic acids is 1. The van der Waals surface area contributed by atoms with E-state index in [1.54, 1.807) is 0 Å². The van der Waals surface area contributed by atoms with Crippen LogP contribution in [0.25, 0.3) is 0 Å². The number of nitrogens with zero attached hydrogens (tertiary/aromatic N) is 1. The highest BCUT2D eigenvalue weighted by Crippen LogP contribution is 2.37. The topological polar surface area (TPSA) is 32.3 Å². The van der Waals surface area contributed by atoms with E-state index in [1.165, 1.54) is 25.7 Å². The van der Waals surface area contributed by atoms with Gasteiger partial charge in [-0.3, -0.25) is 4.79 Å². The van der Waals surface area contributed by atoms with Gasteiger partial charge in [0.1, 0.15) is 0 Å². The minimum Gasteiger partial charge on any atom is -0.342 e. The molecule has 2 atom stereocenters. The van der Waals surface area contributed by atoms with E-state index in [2.05, 4.69) is 26.1 Å². The molecule has 1 N–H and O–H groups in total. The molecule has 1 aliphatic carbocycles. The summed E-state index contributed by atoms with van der Waals surface area (Å²) in [4.78, 5) is 14.0. The zero-order valence-corrected chi connectivity index (χ0v) is 13.5. The molecular formula is C16H32N2O. The Balaban J connectivity index is 2.52. The van der Waals surface area contributed by atoms with E-state index in [-0.39, 0.29) is 5.91 Å². The van der Waals surface area contributed by atoms with Crippen LogP contribution in [-0.2, 0) is 4.79 Å². The standard InChI is InChI=1S/C16H32N2O/c1-6-18(7-2)15(19)12-17-14-11-9-8-10-13(14)16(3,4)5/h13-14,17H,6-12H2,1-5H3. The number of rotatable bonds is 5. The van der Waals surface area contributed by atoms with Gasteiger partial charge in [-0.15, -0.1) is 0 Å². The van der Waals surface area contributed by atoms with Crippen LogP contribution in [0.1, 0.15) is 60.3 Å². The van der Waals surface area contributed by atoms with Gasteiger partial charge in [0, 0.05) is 19.1 Å².